The zero-order valence-corrected chi connectivity index (χ0v) is 12.0. The number of carbonyl (C=O) groups excluding carboxylic acids is 1. The third-order valence-corrected chi connectivity index (χ3v) is 3.05. The predicted molar refractivity (Wildman–Crippen MR) is 76.4 cm³/mol. The number of amides is 1. The molecule has 0 bridgehead atoms. The van der Waals surface area contributed by atoms with Gasteiger partial charge < -0.3 is 9.64 Å². The molecule has 1 aromatic carbocycles. The topological polar surface area (TPSA) is 47.4 Å². The second-order valence-electron chi connectivity index (χ2n) is 4.83. The Bertz CT molecular complexity index is 592. The summed E-state index contributed by atoms with van der Waals surface area (Å²) in [6.07, 6.45) is 3.65. The van der Waals surface area contributed by atoms with Crippen LogP contribution in [-0.2, 0) is 18.4 Å². The third kappa shape index (κ3) is 3.60. The maximum Gasteiger partial charge on any atom is 0.260 e. The lowest BCUT2D eigenvalue weighted by atomic mass is 10.2. The molecule has 20 heavy (non-hydrogen) atoms. The Morgan fingerprint density at radius 2 is 2.15 bits per heavy atom. The van der Waals surface area contributed by atoms with Gasteiger partial charge in [0.05, 0.1) is 6.20 Å². The molecule has 0 N–H and O–H groups in total. The largest absolute Gasteiger partial charge is 0.484 e. The molecular formula is C15H19N3O2. The summed E-state index contributed by atoms with van der Waals surface area (Å²) >= 11 is 0. The Kier molecular flexibility index (Phi) is 4.40. The number of nitrogens with zero attached hydrogens (tertiary/aromatic N) is 3. The molecule has 2 rings (SSSR count). The van der Waals surface area contributed by atoms with Gasteiger partial charge in [0.15, 0.2) is 6.61 Å². The molecule has 0 aliphatic carbocycles. The molecule has 1 heterocycles. The molecule has 0 saturated heterocycles. The number of carbonyl (C=O) groups is 1. The first-order chi connectivity index (χ1) is 9.56. The highest BCUT2D eigenvalue weighted by atomic mass is 16.5. The van der Waals surface area contributed by atoms with Crippen LogP contribution in [-0.4, -0.2) is 34.2 Å². The first kappa shape index (κ1) is 14.1. The second kappa shape index (κ2) is 6.23. The molecule has 0 radical (unpaired) electrons. The minimum atomic E-state index is -0.0582. The van der Waals surface area contributed by atoms with Crippen molar-refractivity contribution in [1.29, 1.82) is 0 Å². The average Bonchev–Trinajstić information content (AvgIpc) is 2.82. The maximum absolute atomic E-state index is 12.0. The molecule has 2 aromatic rings. The highest BCUT2D eigenvalue weighted by Gasteiger charge is 2.11. The van der Waals surface area contributed by atoms with Gasteiger partial charge in [-0.3, -0.25) is 9.48 Å². The fourth-order valence-corrected chi connectivity index (χ4v) is 1.88. The van der Waals surface area contributed by atoms with E-state index in [-0.39, 0.29) is 12.5 Å². The van der Waals surface area contributed by atoms with Gasteiger partial charge in [0.1, 0.15) is 5.75 Å². The van der Waals surface area contributed by atoms with Gasteiger partial charge in [-0.15, -0.1) is 0 Å². The summed E-state index contributed by atoms with van der Waals surface area (Å²) < 4.78 is 7.27. The van der Waals surface area contributed by atoms with Crippen LogP contribution >= 0.6 is 0 Å². The molecule has 0 atom stereocenters. The van der Waals surface area contributed by atoms with Crippen LogP contribution in [0.4, 0.5) is 0 Å². The van der Waals surface area contributed by atoms with E-state index in [0.717, 1.165) is 16.9 Å². The van der Waals surface area contributed by atoms with Crippen LogP contribution in [0.2, 0.25) is 0 Å². The van der Waals surface area contributed by atoms with Gasteiger partial charge in [-0.1, -0.05) is 18.2 Å². The first-order valence-electron chi connectivity index (χ1n) is 6.46. The van der Waals surface area contributed by atoms with Crippen molar-refractivity contribution in [2.45, 2.75) is 13.5 Å². The standard InChI is InChI=1S/C15H19N3O2/c1-12-6-4-5-7-14(12)20-11-15(19)17(2)9-13-8-16-18(3)10-13/h4-8,10H,9,11H2,1-3H3. The summed E-state index contributed by atoms with van der Waals surface area (Å²) in [4.78, 5) is 13.6. The molecule has 5 nitrogen and oxygen atoms in total. The Balaban J connectivity index is 1.87. The zero-order valence-electron chi connectivity index (χ0n) is 12.0. The van der Waals surface area contributed by atoms with E-state index in [1.54, 1.807) is 22.8 Å². The van der Waals surface area contributed by atoms with Crippen molar-refractivity contribution in [2.75, 3.05) is 13.7 Å². The van der Waals surface area contributed by atoms with Crippen molar-refractivity contribution in [3.63, 3.8) is 0 Å². The molecule has 0 saturated carbocycles. The molecule has 1 amide bonds. The Morgan fingerprint density at radius 1 is 1.40 bits per heavy atom. The summed E-state index contributed by atoms with van der Waals surface area (Å²) in [6, 6.07) is 7.66. The molecule has 0 aliphatic heterocycles. The minimum Gasteiger partial charge on any atom is -0.484 e. The minimum absolute atomic E-state index is 0.0433. The SMILES string of the molecule is Cc1ccccc1OCC(=O)N(C)Cc1cnn(C)c1. The van der Waals surface area contributed by atoms with Crippen LogP contribution in [0.5, 0.6) is 5.75 Å². The Hall–Kier alpha value is -2.30. The average molecular weight is 273 g/mol. The normalized spacial score (nSPS) is 10.3. The number of hydrogen-bond donors (Lipinski definition) is 0. The molecule has 0 spiro atoms. The van der Waals surface area contributed by atoms with Crippen LogP contribution in [0.15, 0.2) is 36.7 Å². The third-order valence-electron chi connectivity index (χ3n) is 3.05. The van der Waals surface area contributed by atoms with E-state index in [1.165, 1.54) is 0 Å². The summed E-state index contributed by atoms with van der Waals surface area (Å²) in [6.45, 7) is 2.53. The molecule has 1 aromatic heterocycles. The monoisotopic (exact) mass is 273 g/mol. The number of rotatable bonds is 5. The van der Waals surface area contributed by atoms with Gasteiger partial charge in [0.25, 0.3) is 5.91 Å². The van der Waals surface area contributed by atoms with Gasteiger partial charge in [0, 0.05) is 32.4 Å². The smallest absolute Gasteiger partial charge is 0.260 e. The predicted octanol–water partition coefficient (Wildman–Crippen LogP) is 1.77. The van der Waals surface area contributed by atoms with Crippen molar-refractivity contribution in [3.8, 4) is 5.75 Å². The van der Waals surface area contributed by atoms with Crippen molar-refractivity contribution in [3.05, 3.63) is 47.8 Å². The number of aromatic nitrogens is 2. The van der Waals surface area contributed by atoms with E-state index >= 15 is 0 Å². The molecular weight excluding hydrogens is 254 g/mol. The van der Waals surface area contributed by atoms with E-state index in [1.807, 2.05) is 44.4 Å². The number of benzene rings is 1. The second-order valence-corrected chi connectivity index (χ2v) is 4.83. The summed E-state index contributed by atoms with van der Waals surface area (Å²) in [5.41, 5.74) is 2.02. The van der Waals surface area contributed by atoms with Crippen LogP contribution in [0.25, 0.3) is 0 Å². The van der Waals surface area contributed by atoms with Gasteiger partial charge in [-0.2, -0.15) is 5.10 Å². The number of ether oxygens (including phenoxy) is 1. The molecule has 0 aliphatic rings. The van der Waals surface area contributed by atoms with Crippen molar-refractivity contribution < 1.29 is 9.53 Å². The van der Waals surface area contributed by atoms with Gasteiger partial charge in [-0.25, -0.2) is 0 Å². The fraction of sp³-hybridized carbons (Fsp3) is 0.333. The molecule has 0 fully saturated rings. The highest BCUT2D eigenvalue weighted by molar-refractivity contribution is 5.77. The molecule has 106 valence electrons. The fourth-order valence-electron chi connectivity index (χ4n) is 1.88. The van der Waals surface area contributed by atoms with E-state index in [4.69, 9.17) is 4.74 Å². The van der Waals surface area contributed by atoms with Gasteiger partial charge in [0.2, 0.25) is 0 Å². The van der Waals surface area contributed by atoms with Crippen molar-refractivity contribution in [1.82, 2.24) is 14.7 Å². The van der Waals surface area contributed by atoms with Crippen molar-refractivity contribution in [2.24, 2.45) is 7.05 Å². The molecule has 5 heteroatoms. The number of aryl methyl sites for hydroxylation is 2. The van der Waals surface area contributed by atoms with Gasteiger partial charge in [-0.05, 0) is 18.6 Å². The summed E-state index contributed by atoms with van der Waals surface area (Å²) in [5, 5.41) is 4.08. The Labute approximate surface area is 118 Å². The first-order valence-corrected chi connectivity index (χ1v) is 6.46. The Morgan fingerprint density at radius 3 is 2.80 bits per heavy atom. The van der Waals surface area contributed by atoms with Crippen LogP contribution in [0.1, 0.15) is 11.1 Å². The number of likely N-dealkylation sites (N-methyl/N-ethyl adjacent to an activating group) is 1. The lowest BCUT2D eigenvalue weighted by Crippen LogP contribution is -2.30. The summed E-state index contributed by atoms with van der Waals surface area (Å²) in [5.74, 6) is 0.688. The van der Waals surface area contributed by atoms with E-state index in [2.05, 4.69) is 5.10 Å². The van der Waals surface area contributed by atoms with Crippen molar-refractivity contribution >= 4 is 5.91 Å². The lowest BCUT2D eigenvalue weighted by molar-refractivity contribution is -0.132. The maximum atomic E-state index is 12.0. The van der Waals surface area contributed by atoms with Crippen LogP contribution in [0.3, 0.4) is 0 Å². The highest BCUT2D eigenvalue weighted by Crippen LogP contribution is 2.16. The van der Waals surface area contributed by atoms with E-state index in [9.17, 15) is 4.79 Å². The molecule has 0 unspecified atom stereocenters. The van der Waals surface area contributed by atoms with Gasteiger partial charge >= 0.3 is 0 Å². The zero-order chi connectivity index (χ0) is 14.5. The van der Waals surface area contributed by atoms with Crippen LogP contribution in [0, 0.1) is 6.92 Å². The number of hydrogen-bond acceptors (Lipinski definition) is 3. The quantitative estimate of drug-likeness (QED) is 0.834. The van der Waals surface area contributed by atoms with E-state index in [0.29, 0.717) is 6.54 Å². The summed E-state index contributed by atoms with van der Waals surface area (Å²) in [7, 11) is 3.61. The van der Waals surface area contributed by atoms with E-state index < -0.39 is 0 Å². The van der Waals surface area contributed by atoms with Crippen LogP contribution < -0.4 is 4.74 Å². The lowest BCUT2D eigenvalue weighted by Gasteiger charge is -2.17. The number of para-hydroxylation sites is 1.